The lowest BCUT2D eigenvalue weighted by Gasteiger charge is -2.23. The summed E-state index contributed by atoms with van der Waals surface area (Å²) in [7, 11) is 0. The molecule has 0 aliphatic carbocycles. The molecule has 0 saturated heterocycles. The first-order valence-corrected chi connectivity index (χ1v) is 10.7. The van der Waals surface area contributed by atoms with E-state index in [9.17, 15) is 23.1 Å². The molecule has 0 spiro atoms. The van der Waals surface area contributed by atoms with E-state index in [0.717, 1.165) is 28.8 Å². The number of alkyl halides is 2. The smallest absolute Gasteiger partial charge is 0.294 e. The van der Waals surface area contributed by atoms with Gasteiger partial charge in [0, 0.05) is 17.3 Å². The van der Waals surface area contributed by atoms with Gasteiger partial charge in [0.2, 0.25) is 5.95 Å². The second-order valence-electron chi connectivity index (χ2n) is 7.99. The SMILES string of the molecule is CCc1ccc(-c2ccn3nc(N)nc3c2F)c(F)c1C(=O)NCC(F)(F)[C@H](O)c1ccc(F)cc1. The van der Waals surface area contributed by atoms with Gasteiger partial charge in [0.15, 0.2) is 11.5 Å². The highest BCUT2D eigenvalue weighted by Crippen LogP contribution is 2.33. The minimum atomic E-state index is -3.86. The Kier molecular flexibility index (Phi) is 6.63. The molecule has 7 nitrogen and oxygen atoms in total. The molecule has 0 saturated carbocycles. The van der Waals surface area contributed by atoms with E-state index in [0.29, 0.717) is 0 Å². The fourth-order valence-electron chi connectivity index (χ4n) is 3.78. The summed E-state index contributed by atoms with van der Waals surface area (Å²) in [5.74, 6) is -7.97. The Labute approximate surface area is 201 Å². The summed E-state index contributed by atoms with van der Waals surface area (Å²) in [5.41, 5.74) is 4.08. The maximum Gasteiger partial charge on any atom is 0.294 e. The Bertz CT molecular complexity index is 1440. The number of amides is 1. The van der Waals surface area contributed by atoms with Gasteiger partial charge in [-0.1, -0.05) is 31.2 Å². The molecule has 4 aromatic rings. The van der Waals surface area contributed by atoms with E-state index >= 15 is 8.78 Å². The van der Waals surface area contributed by atoms with E-state index in [1.54, 1.807) is 6.92 Å². The molecular formula is C24H20F5N5O2. The van der Waals surface area contributed by atoms with Crippen LogP contribution in [0, 0.1) is 17.5 Å². The Hall–Kier alpha value is -4.06. The molecule has 0 bridgehead atoms. The summed E-state index contributed by atoms with van der Waals surface area (Å²) in [6, 6.07) is 7.67. The second-order valence-corrected chi connectivity index (χ2v) is 7.99. The molecular weight excluding hydrogens is 485 g/mol. The minimum Gasteiger partial charge on any atom is -0.382 e. The molecule has 1 amide bonds. The number of nitrogens with two attached hydrogens (primary N) is 1. The van der Waals surface area contributed by atoms with Crippen LogP contribution in [-0.2, 0) is 6.42 Å². The normalized spacial score (nSPS) is 12.6. The highest BCUT2D eigenvalue weighted by Gasteiger charge is 2.40. The topological polar surface area (TPSA) is 106 Å². The number of anilines is 1. The average Bonchev–Trinajstić information content (AvgIpc) is 3.24. The van der Waals surface area contributed by atoms with E-state index in [-0.39, 0.29) is 40.3 Å². The molecule has 2 aromatic heterocycles. The average molecular weight is 505 g/mol. The molecule has 4 rings (SSSR count). The molecule has 188 valence electrons. The van der Waals surface area contributed by atoms with Crippen molar-refractivity contribution in [2.24, 2.45) is 0 Å². The second kappa shape index (κ2) is 9.53. The number of nitrogen functional groups attached to an aromatic ring is 1. The third-order valence-corrected chi connectivity index (χ3v) is 5.66. The van der Waals surface area contributed by atoms with Crippen molar-refractivity contribution < 1.29 is 31.9 Å². The number of nitrogens with one attached hydrogen (secondary N) is 1. The van der Waals surface area contributed by atoms with Crippen molar-refractivity contribution >= 4 is 17.5 Å². The van der Waals surface area contributed by atoms with E-state index in [1.165, 1.54) is 24.4 Å². The number of aliphatic hydroxyl groups excluding tert-OH is 1. The van der Waals surface area contributed by atoms with Gasteiger partial charge < -0.3 is 16.2 Å². The number of aliphatic hydroxyl groups is 1. The predicted molar refractivity (Wildman–Crippen MR) is 121 cm³/mol. The Morgan fingerprint density at radius 2 is 1.75 bits per heavy atom. The number of fused-ring (bicyclic) bond motifs is 1. The summed E-state index contributed by atoms with van der Waals surface area (Å²) in [6.07, 6.45) is -0.866. The van der Waals surface area contributed by atoms with Gasteiger partial charge in [0.25, 0.3) is 11.8 Å². The number of rotatable bonds is 7. The van der Waals surface area contributed by atoms with Crippen LogP contribution in [0.3, 0.4) is 0 Å². The Morgan fingerprint density at radius 1 is 1.08 bits per heavy atom. The van der Waals surface area contributed by atoms with Gasteiger partial charge in [-0.05, 0) is 35.7 Å². The van der Waals surface area contributed by atoms with Crippen molar-refractivity contribution in [1.29, 1.82) is 0 Å². The van der Waals surface area contributed by atoms with Crippen molar-refractivity contribution in [2.75, 3.05) is 12.3 Å². The lowest BCUT2D eigenvalue weighted by Crippen LogP contribution is -2.41. The van der Waals surface area contributed by atoms with Crippen LogP contribution in [-0.4, -0.2) is 38.1 Å². The van der Waals surface area contributed by atoms with Gasteiger partial charge in [-0.3, -0.25) is 4.79 Å². The fourth-order valence-corrected chi connectivity index (χ4v) is 3.78. The summed E-state index contributed by atoms with van der Waals surface area (Å²) in [5, 5.41) is 15.7. The number of aromatic nitrogens is 3. The molecule has 0 aliphatic rings. The van der Waals surface area contributed by atoms with Crippen LogP contribution >= 0.6 is 0 Å². The highest BCUT2D eigenvalue weighted by atomic mass is 19.3. The molecule has 2 heterocycles. The van der Waals surface area contributed by atoms with E-state index in [1.807, 2.05) is 5.32 Å². The molecule has 36 heavy (non-hydrogen) atoms. The van der Waals surface area contributed by atoms with Crippen molar-refractivity contribution in [1.82, 2.24) is 19.9 Å². The summed E-state index contributed by atoms with van der Waals surface area (Å²) < 4.78 is 73.9. The minimum absolute atomic E-state index is 0.177. The van der Waals surface area contributed by atoms with Crippen LogP contribution in [0.1, 0.15) is 34.5 Å². The third-order valence-electron chi connectivity index (χ3n) is 5.66. The van der Waals surface area contributed by atoms with E-state index < -0.39 is 47.5 Å². The van der Waals surface area contributed by atoms with Crippen LogP contribution in [0.2, 0.25) is 0 Å². The van der Waals surface area contributed by atoms with Crippen molar-refractivity contribution in [3.8, 4) is 11.1 Å². The van der Waals surface area contributed by atoms with Crippen molar-refractivity contribution in [3.63, 3.8) is 0 Å². The first-order valence-electron chi connectivity index (χ1n) is 10.7. The molecule has 0 unspecified atom stereocenters. The number of hydrogen-bond donors (Lipinski definition) is 3. The van der Waals surface area contributed by atoms with Crippen LogP contribution in [0.5, 0.6) is 0 Å². The van der Waals surface area contributed by atoms with Crippen molar-refractivity contribution in [2.45, 2.75) is 25.4 Å². The van der Waals surface area contributed by atoms with Crippen molar-refractivity contribution in [3.05, 3.63) is 82.8 Å². The third kappa shape index (κ3) is 4.59. The number of halogens is 5. The van der Waals surface area contributed by atoms with E-state index in [4.69, 9.17) is 5.73 Å². The standard InChI is InChI=1S/C24H20F5N5O2/c1-2-12-5-8-15(16-9-10-34-21(19(16)27)32-23(30)33-34)18(26)17(12)22(36)31-11-24(28,29)20(35)13-3-6-14(25)7-4-13/h3-10,20,35H,2,11H2,1H3,(H2,30,33)(H,31,36)/t20-/m1/s1. The van der Waals surface area contributed by atoms with Gasteiger partial charge in [-0.15, -0.1) is 5.10 Å². The van der Waals surface area contributed by atoms with Gasteiger partial charge in [0.1, 0.15) is 17.7 Å². The van der Waals surface area contributed by atoms with Gasteiger partial charge in [-0.25, -0.2) is 26.5 Å². The molecule has 0 fully saturated rings. The highest BCUT2D eigenvalue weighted by molar-refractivity contribution is 5.97. The Balaban J connectivity index is 1.64. The molecule has 4 N–H and O–H groups in total. The van der Waals surface area contributed by atoms with Crippen LogP contribution in [0.4, 0.5) is 27.9 Å². The monoisotopic (exact) mass is 505 g/mol. The van der Waals surface area contributed by atoms with Crippen LogP contribution in [0.15, 0.2) is 48.7 Å². The predicted octanol–water partition coefficient (Wildman–Crippen LogP) is 4.06. The molecule has 0 aliphatic heterocycles. The van der Waals surface area contributed by atoms with Crippen LogP contribution < -0.4 is 11.1 Å². The number of carbonyl (C=O) groups excluding carboxylic acids is 1. The Morgan fingerprint density at radius 3 is 2.42 bits per heavy atom. The van der Waals surface area contributed by atoms with Gasteiger partial charge in [-0.2, -0.15) is 4.98 Å². The number of pyridine rings is 1. The molecule has 0 radical (unpaired) electrons. The summed E-state index contributed by atoms with van der Waals surface area (Å²) in [4.78, 5) is 16.6. The van der Waals surface area contributed by atoms with E-state index in [2.05, 4.69) is 10.1 Å². The number of carbonyl (C=O) groups is 1. The number of hydrogen-bond acceptors (Lipinski definition) is 5. The molecule has 1 atom stereocenters. The lowest BCUT2D eigenvalue weighted by atomic mass is 9.96. The maximum atomic E-state index is 15.6. The lowest BCUT2D eigenvalue weighted by molar-refractivity contribution is -0.106. The number of nitrogens with zero attached hydrogens (tertiary/aromatic N) is 3. The summed E-state index contributed by atoms with van der Waals surface area (Å²) >= 11 is 0. The maximum absolute atomic E-state index is 15.6. The quantitative estimate of drug-likeness (QED) is 0.329. The zero-order chi connectivity index (χ0) is 26.2. The number of aryl methyl sites for hydroxylation is 1. The first kappa shape index (κ1) is 25.0. The molecule has 2 aromatic carbocycles. The first-order chi connectivity index (χ1) is 17.0. The van der Waals surface area contributed by atoms with Gasteiger partial charge >= 0.3 is 0 Å². The molecule has 12 heteroatoms. The van der Waals surface area contributed by atoms with Crippen LogP contribution in [0.25, 0.3) is 16.8 Å². The summed E-state index contributed by atoms with van der Waals surface area (Å²) in [6.45, 7) is 0.292. The fraction of sp³-hybridized carbons (Fsp3) is 0.208. The zero-order valence-electron chi connectivity index (χ0n) is 18.8. The largest absolute Gasteiger partial charge is 0.382 e. The number of benzene rings is 2. The van der Waals surface area contributed by atoms with Gasteiger partial charge in [0.05, 0.1) is 12.1 Å². The zero-order valence-corrected chi connectivity index (χ0v) is 18.8.